The van der Waals surface area contributed by atoms with Crippen molar-refractivity contribution in [3.05, 3.63) is 35.9 Å². The second-order valence-electron chi connectivity index (χ2n) is 4.18. The molecule has 0 unspecified atom stereocenters. The van der Waals surface area contributed by atoms with Crippen LogP contribution in [0.1, 0.15) is 5.56 Å². The summed E-state index contributed by atoms with van der Waals surface area (Å²) in [5.74, 6) is 5.67. The molecule has 2 N–H and O–H groups in total. The Morgan fingerprint density at radius 2 is 1.65 bits per heavy atom. The number of hydrogen-bond acceptors (Lipinski definition) is 4. The highest BCUT2D eigenvalue weighted by Crippen LogP contribution is 2.12. The number of benzene rings is 1. The summed E-state index contributed by atoms with van der Waals surface area (Å²) in [5, 5.41) is 1.65. The Kier molecular flexibility index (Phi) is 3.78. The lowest BCUT2D eigenvalue weighted by atomic mass is 10.2. The number of hydrazine groups is 1. The highest BCUT2D eigenvalue weighted by atomic mass is 32.2. The van der Waals surface area contributed by atoms with Gasteiger partial charge in [0.1, 0.15) is 0 Å². The van der Waals surface area contributed by atoms with E-state index < -0.39 is 10.0 Å². The highest BCUT2D eigenvalue weighted by molar-refractivity contribution is 7.88. The number of hydrogen-bond donors (Lipinski definition) is 1. The van der Waals surface area contributed by atoms with Gasteiger partial charge in [0.25, 0.3) is 0 Å². The van der Waals surface area contributed by atoms with Crippen LogP contribution in [0.4, 0.5) is 0 Å². The fourth-order valence-corrected chi connectivity index (χ4v) is 3.37. The molecule has 6 heteroatoms. The molecule has 94 valence electrons. The van der Waals surface area contributed by atoms with Gasteiger partial charge in [0, 0.05) is 26.2 Å². The molecule has 1 fully saturated rings. The Morgan fingerprint density at radius 1 is 1.06 bits per heavy atom. The zero-order chi connectivity index (χ0) is 12.3. The first kappa shape index (κ1) is 12.5. The van der Waals surface area contributed by atoms with E-state index >= 15 is 0 Å². The zero-order valence-electron chi connectivity index (χ0n) is 9.62. The van der Waals surface area contributed by atoms with E-state index in [0.717, 1.165) is 5.56 Å². The minimum atomic E-state index is -3.21. The Hall–Kier alpha value is -0.950. The van der Waals surface area contributed by atoms with Gasteiger partial charge >= 0.3 is 0 Å². The smallest absolute Gasteiger partial charge is 0.218 e. The average Bonchev–Trinajstić information content (AvgIpc) is 2.30. The van der Waals surface area contributed by atoms with Crippen LogP contribution < -0.4 is 5.84 Å². The van der Waals surface area contributed by atoms with Crippen LogP contribution in [0.2, 0.25) is 0 Å². The molecule has 0 bridgehead atoms. The van der Waals surface area contributed by atoms with Crippen LogP contribution in [0.3, 0.4) is 0 Å². The zero-order valence-corrected chi connectivity index (χ0v) is 10.4. The van der Waals surface area contributed by atoms with Crippen molar-refractivity contribution in [1.29, 1.82) is 0 Å². The molecule has 1 aliphatic heterocycles. The first-order chi connectivity index (χ1) is 8.08. The molecule has 1 saturated heterocycles. The van der Waals surface area contributed by atoms with Crippen LogP contribution in [-0.4, -0.2) is 43.9 Å². The van der Waals surface area contributed by atoms with E-state index in [1.807, 2.05) is 30.3 Å². The van der Waals surface area contributed by atoms with E-state index in [2.05, 4.69) is 0 Å². The fourth-order valence-electron chi connectivity index (χ4n) is 1.86. The topological polar surface area (TPSA) is 66.6 Å². The molecule has 0 amide bonds. The molecular weight excluding hydrogens is 238 g/mol. The number of piperazine rings is 1. The second-order valence-corrected chi connectivity index (χ2v) is 6.15. The number of sulfonamides is 1. The summed E-state index contributed by atoms with van der Waals surface area (Å²) in [7, 11) is -3.21. The van der Waals surface area contributed by atoms with Crippen LogP contribution >= 0.6 is 0 Å². The van der Waals surface area contributed by atoms with Gasteiger partial charge < -0.3 is 0 Å². The Balaban J connectivity index is 2.04. The SMILES string of the molecule is NN1CCN(S(=O)(=O)Cc2ccccc2)CC1. The third-order valence-electron chi connectivity index (χ3n) is 2.86. The molecule has 0 radical (unpaired) electrons. The summed E-state index contributed by atoms with van der Waals surface area (Å²) in [5.41, 5.74) is 0.822. The van der Waals surface area contributed by atoms with Gasteiger partial charge in [-0.2, -0.15) is 4.31 Å². The molecule has 0 saturated carbocycles. The maximum atomic E-state index is 12.1. The molecule has 1 heterocycles. The van der Waals surface area contributed by atoms with Crippen LogP contribution in [0.25, 0.3) is 0 Å². The summed E-state index contributed by atoms with van der Waals surface area (Å²) in [6.07, 6.45) is 0. The maximum absolute atomic E-state index is 12.1. The minimum absolute atomic E-state index is 0.0679. The lowest BCUT2D eigenvalue weighted by Gasteiger charge is -2.31. The van der Waals surface area contributed by atoms with Gasteiger partial charge in [0.2, 0.25) is 10.0 Å². The van der Waals surface area contributed by atoms with Gasteiger partial charge in [-0.3, -0.25) is 5.84 Å². The highest BCUT2D eigenvalue weighted by Gasteiger charge is 2.25. The van der Waals surface area contributed by atoms with Gasteiger partial charge in [-0.25, -0.2) is 13.4 Å². The molecule has 0 spiro atoms. The molecule has 0 aromatic heterocycles. The van der Waals surface area contributed by atoms with Crippen LogP contribution in [0.5, 0.6) is 0 Å². The van der Waals surface area contributed by atoms with Gasteiger partial charge in [0.05, 0.1) is 5.75 Å². The average molecular weight is 255 g/mol. The van der Waals surface area contributed by atoms with Crippen molar-refractivity contribution >= 4 is 10.0 Å². The maximum Gasteiger partial charge on any atom is 0.218 e. The van der Waals surface area contributed by atoms with Crippen molar-refractivity contribution in [2.75, 3.05) is 26.2 Å². The molecule has 0 atom stereocenters. The summed E-state index contributed by atoms with van der Waals surface area (Å²) in [6.45, 7) is 2.14. The van der Waals surface area contributed by atoms with E-state index in [1.165, 1.54) is 4.31 Å². The molecule has 2 rings (SSSR count). The predicted molar refractivity (Wildman–Crippen MR) is 66.4 cm³/mol. The first-order valence-corrected chi connectivity index (χ1v) is 7.20. The number of nitrogens with zero attached hydrogens (tertiary/aromatic N) is 2. The Morgan fingerprint density at radius 3 is 2.24 bits per heavy atom. The lowest BCUT2D eigenvalue weighted by molar-refractivity contribution is 0.192. The molecule has 5 nitrogen and oxygen atoms in total. The van der Waals surface area contributed by atoms with Crippen molar-refractivity contribution in [3.63, 3.8) is 0 Å². The second kappa shape index (κ2) is 5.14. The van der Waals surface area contributed by atoms with E-state index in [-0.39, 0.29) is 5.75 Å². The normalized spacial score (nSPS) is 19.4. The van der Waals surface area contributed by atoms with Crippen molar-refractivity contribution in [2.24, 2.45) is 5.84 Å². The predicted octanol–water partition coefficient (Wildman–Crippen LogP) is 0.00770. The molecule has 1 aromatic carbocycles. The van der Waals surface area contributed by atoms with E-state index in [1.54, 1.807) is 5.01 Å². The van der Waals surface area contributed by atoms with Crippen molar-refractivity contribution in [2.45, 2.75) is 5.75 Å². The number of nitrogens with two attached hydrogens (primary N) is 1. The summed E-state index contributed by atoms with van der Waals surface area (Å²) in [6, 6.07) is 9.24. The van der Waals surface area contributed by atoms with Gasteiger partial charge in [-0.15, -0.1) is 0 Å². The van der Waals surface area contributed by atoms with Crippen LogP contribution in [0.15, 0.2) is 30.3 Å². The monoisotopic (exact) mass is 255 g/mol. The molecule has 0 aliphatic carbocycles. The quantitative estimate of drug-likeness (QED) is 0.773. The summed E-state index contributed by atoms with van der Waals surface area (Å²) < 4.78 is 25.8. The van der Waals surface area contributed by atoms with Crippen molar-refractivity contribution in [1.82, 2.24) is 9.31 Å². The molecule has 17 heavy (non-hydrogen) atoms. The molecule has 1 aliphatic rings. The van der Waals surface area contributed by atoms with Gasteiger partial charge in [-0.05, 0) is 5.56 Å². The van der Waals surface area contributed by atoms with E-state index in [4.69, 9.17) is 5.84 Å². The summed E-state index contributed by atoms with van der Waals surface area (Å²) in [4.78, 5) is 0. The van der Waals surface area contributed by atoms with Crippen LogP contribution in [0, 0.1) is 0 Å². The van der Waals surface area contributed by atoms with Gasteiger partial charge in [0.15, 0.2) is 0 Å². The van der Waals surface area contributed by atoms with E-state index in [0.29, 0.717) is 26.2 Å². The van der Waals surface area contributed by atoms with Crippen molar-refractivity contribution in [3.8, 4) is 0 Å². The lowest BCUT2D eigenvalue weighted by Crippen LogP contribution is -2.51. The molecule has 1 aromatic rings. The fraction of sp³-hybridized carbons (Fsp3) is 0.455. The van der Waals surface area contributed by atoms with E-state index in [9.17, 15) is 8.42 Å². The van der Waals surface area contributed by atoms with Crippen LogP contribution in [-0.2, 0) is 15.8 Å². The van der Waals surface area contributed by atoms with Crippen molar-refractivity contribution < 1.29 is 8.42 Å². The molecular formula is C11H17N3O2S. The third kappa shape index (κ3) is 3.26. The third-order valence-corrected chi connectivity index (χ3v) is 4.71. The Labute approximate surface area is 102 Å². The first-order valence-electron chi connectivity index (χ1n) is 5.59. The largest absolute Gasteiger partial charge is 0.269 e. The van der Waals surface area contributed by atoms with Gasteiger partial charge in [-0.1, -0.05) is 30.3 Å². The standard InChI is InChI=1S/C11H17N3O2S/c12-13-6-8-14(9-7-13)17(15,16)10-11-4-2-1-3-5-11/h1-5H,6-10,12H2. The Bertz CT molecular complexity index is 453. The summed E-state index contributed by atoms with van der Waals surface area (Å²) >= 11 is 0. The minimum Gasteiger partial charge on any atom is -0.269 e. The number of rotatable bonds is 3.